The second kappa shape index (κ2) is 11.6. The third-order valence-electron chi connectivity index (χ3n) is 4.61. The number of carbonyl (C=O) groups is 2. The van der Waals surface area contributed by atoms with Crippen molar-refractivity contribution in [2.45, 2.75) is 59.1 Å². The molecular formula is C23H34N6O3S. The number of alkyl carbamates (subject to hydrolysis) is 1. The van der Waals surface area contributed by atoms with Gasteiger partial charge in [-0.15, -0.1) is 0 Å². The van der Waals surface area contributed by atoms with Gasteiger partial charge in [-0.2, -0.15) is 0 Å². The number of benzene rings is 1. The summed E-state index contributed by atoms with van der Waals surface area (Å²) in [5.74, 6) is -0.230. The lowest BCUT2D eigenvalue weighted by atomic mass is 10.0. The molecule has 0 saturated carbocycles. The fraction of sp³-hybridized carbons (Fsp3) is 0.478. The van der Waals surface area contributed by atoms with Gasteiger partial charge in [-0.1, -0.05) is 23.5 Å². The van der Waals surface area contributed by atoms with E-state index in [1.807, 2.05) is 19.1 Å². The molecule has 1 unspecified atom stereocenters. The molecule has 10 heteroatoms. The van der Waals surface area contributed by atoms with Crippen LogP contribution in [0.15, 0.2) is 18.2 Å². The van der Waals surface area contributed by atoms with Crippen molar-refractivity contribution in [3.63, 3.8) is 0 Å². The number of thiazole rings is 1. The van der Waals surface area contributed by atoms with E-state index >= 15 is 0 Å². The Labute approximate surface area is 199 Å². The van der Waals surface area contributed by atoms with Crippen molar-refractivity contribution < 1.29 is 14.3 Å². The molecule has 2 amide bonds. The molecule has 6 N–H and O–H groups in total. The molecular weight excluding hydrogens is 440 g/mol. The maximum atomic E-state index is 12.6. The average Bonchev–Trinajstić information content (AvgIpc) is 3.09. The van der Waals surface area contributed by atoms with Crippen molar-refractivity contribution in [3.05, 3.63) is 39.9 Å². The molecule has 2 rings (SSSR count). The number of aromatic nitrogens is 1. The molecule has 0 aliphatic rings. The minimum atomic E-state index is -0.573. The Morgan fingerprint density at radius 3 is 2.73 bits per heavy atom. The Balaban J connectivity index is 1.82. The summed E-state index contributed by atoms with van der Waals surface area (Å²) in [4.78, 5) is 29.4. The summed E-state index contributed by atoms with van der Waals surface area (Å²) in [5, 5.41) is 17.0. The van der Waals surface area contributed by atoms with Gasteiger partial charge in [-0.3, -0.25) is 4.79 Å². The number of nitrogens with one attached hydrogen (secondary N) is 4. The number of hydrogen-bond donors (Lipinski definition) is 5. The number of ether oxygens (including phenoxy) is 1. The highest BCUT2D eigenvalue weighted by Crippen LogP contribution is 2.23. The average molecular weight is 475 g/mol. The highest BCUT2D eigenvalue weighted by Gasteiger charge is 2.19. The largest absolute Gasteiger partial charge is 0.444 e. The van der Waals surface area contributed by atoms with Crippen LogP contribution in [0, 0.1) is 12.3 Å². The molecule has 1 heterocycles. The summed E-state index contributed by atoms with van der Waals surface area (Å²) in [6, 6.07) is 5.39. The van der Waals surface area contributed by atoms with E-state index < -0.39 is 11.7 Å². The Bertz CT molecular complexity index is 983. The van der Waals surface area contributed by atoms with Crippen LogP contribution in [0.5, 0.6) is 0 Å². The second-order valence-electron chi connectivity index (χ2n) is 8.79. The van der Waals surface area contributed by atoms with Gasteiger partial charge in [0.2, 0.25) is 0 Å². The van der Waals surface area contributed by atoms with Crippen LogP contribution in [-0.4, -0.2) is 47.9 Å². The van der Waals surface area contributed by atoms with E-state index in [1.54, 1.807) is 33.8 Å². The van der Waals surface area contributed by atoms with Gasteiger partial charge in [0.1, 0.15) is 10.5 Å². The van der Waals surface area contributed by atoms with Crippen molar-refractivity contribution in [2.75, 3.05) is 24.1 Å². The van der Waals surface area contributed by atoms with E-state index in [9.17, 15) is 9.59 Å². The molecule has 0 aliphatic heterocycles. The summed E-state index contributed by atoms with van der Waals surface area (Å²) in [6.45, 7) is 9.91. The van der Waals surface area contributed by atoms with Gasteiger partial charge in [0.15, 0.2) is 5.13 Å². The number of anilines is 2. The Hall–Kier alpha value is -3.14. The van der Waals surface area contributed by atoms with E-state index in [0.717, 1.165) is 24.0 Å². The zero-order valence-corrected chi connectivity index (χ0v) is 20.7. The molecule has 1 atom stereocenters. The Morgan fingerprint density at radius 1 is 1.33 bits per heavy atom. The second-order valence-corrected chi connectivity index (χ2v) is 9.78. The summed E-state index contributed by atoms with van der Waals surface area (Å²) < 4.78 is 5.20. The van der Waals surface area contributed by atoms with Crippen molar-refractivity contribution in [2.24, 2.45) is 0 Å². The smallest absolute Gasteiger partial charge is 0.407 e. The monoisotopic (exact) mass is 474 g/mol. The predicted molar refractivity (Wildman–Crippen MR) is 134 cm³/mol. The lowest BCUT2D eigenvalue weighted by molar-refractivity contribution is 0.0521. The van der Waals surface area contributed by atoms with Crippen molar-refractivity contribution >= 4 is 40.4 Å². The molecule has 0 radical (unpaired) electrons. The minimum Gasteiger partial charge on any atom is -0.444 e. The maximum Gasteiger partial charge on any atom is 0.407 e. The van der Waals surface area contributed by atoms with Gasteiger partial charge >= 0.3 is 6.09 Å². The molecule has 180 valence electrons. The van der Waals surface area contributed by atoms with Gasteiger partial charge < -0.3 is 31.8 Å². The highest BCUT2D eigenvalue weighted by molar-refractivity contribution is 7.17. The first-order chi connectivity index (χ1) is 15.5. The lowest BCUT2D eigenvalue weighted by Crippen LogP contribution is -2.43. The number of nitrogens with two attached hydrogens (primary N) is 1. The molecule has 0 saturated heterocycles. The minimum absolute atomic E-state index is 0.230. The van der Waals surface area contributed by atoms with Crippen LogP contribution in [0.25, 0.3) is 0 Å². The van der Waals surface area contributed by atoms with Gasteiger partial charge in [-0.05, 0) is 59.1 Å². The van der Waals surface area contributed by atoms with Crippen molar-refractivity contribution in [1.29, 1.82) is 5.41 Å². The van der Waals surface area contributed by atoms with Crippen LogP contribution < -0.4 is 21.7 Å². The first-order valence-electron chi connectivity index (χ1n) is 10.9. The maximum absolute atomic E-state index is 12.6. The molecule has 33 heavy (non-hydrogen) atoms. The summed E-state index contributed by atoms with van der Waals surface area (Å²) >= 11 is 1.30. The number of amides is 2. The van der Waals surface area contributed by atoms with Crippen molar-refractivity contribution in [1.82, 2.24) is 15.6 Å². The zero-order chi connectivity index (χ0) is 24.6. The number of hydrogen-bond acceptors (Lipinski definition) is 8. The third-order valence-corrected chi connectivity index (χ3v) is 5.72. The Morgan fingerprint density at radius 2 is 2.06 bits per heavy atom. The number of nitrogen functional groups attached to an aromatic ring is 1. The molecule has 1 aromatic heterocycles. The van der Waals surface area contributed by atoms with E-state index in [2.05, 4.69) is 20.9 Å². The molecule has 0 spiro atoms. The summed E-state index contributed by atoms with van der Waals surface area (Å²) in [5.41, 5.74) is 8.41. The van der Waals surface area contributed by atoms with Gasteiger partial charge in [0.25, 0.3) is 5.91 Å². The standard InChI is InChI=1S/C23H34N6O3S/c1-14(13-27-22(31)32-23(3,4)5)28-20(30)19-15(2)29-21(33-19)26-11-7-9-16-8-6-10-18(25)17(16)12-24/h6,8,10,12,14,24H,7,9,11,13,25H2,1-5H3,(H,26,29)(H,27,31)(H,28,30). The molecule has 2 aromatic rings. The van der Waals surface area contributed by atoms with Gasteiger partial charge in [0, 0.05) is 36.6 Å². The quantitative estimate of drug-likeness (QED) is 0.202. The lowest BCUT2D eigenvalue weighted by Gasteiger charge is -2.21. The Kier molecular flexibility index (Phi) is 9.22. The summed E-state index contributed by atoms with van der Waals surface area (Å²) in [7, 11) is 0. The van der Waals surface area contributed by atoms with Gasteiger partial charge in [-0.25, -0.2) is 9.78 Å². The number of aryl methyl sites for hydroxylation is 2. The molecule has 0 bridgehead atoms. The molecule has 0 aliphatic carbocycles. The summed E-state index contributed by atoms with van der Waals surface area (Å²) in [6.07, 6.45) is 2.38. The fourth-order valence-corrected chi connectivity index (χ4v) is 3.97. The fourth-order valence-electron chi connectivity index (χ4n) is 3.07. The van der Waals surface area contributed by atoms with Crippen LogP contribution in [-0.2, 0) is 11.2 Å². The molecule has 9 nitrogen and oxygen atoms in total. The topological polar surface area (TPSA) is 142 Å². The molecule has 1 aromatic carbocycles. The predicted octanol–water partition coefficient (Wildman–Crippen LogP) is 3.72. The SMILES string of the molecule is Cc1nc(NCCCc2cccc(N)c2C=N)sc1C(=O)NC(C)CNC(=O)OC(C)(C)C. The first-order valence-corrected chi connectivity index (χ1v) is 11.7. The zero-order valence-electron chi connectivity index (χ0n) is 19.9. The number of nitrogens with zero attached hydrogens (tertiary/aromatic N) is 1. The van der Waals surface area contributed by atoms with E-state index in [4.69, 9.17) is 15.9 Å². The van der Waals surface area contributed by atoms with Crippen molar-refractivity contribution in [3.8, 4) is 0 Å². The number of rotatable bonds is 10. The van der Waals surface area contributed by atoms with Crippen LogP contribution in [0.4, 0.5) is 15.6 Å². The third kappa shape index (κ3) is 8.38. The van der Waals surface area contributed by atoms with Crippen LogP contribution in [0.2, 0.25) is 0 Å². The number of carbonyl (C=O) groups excluding carboxylic acids is 2. The highest BCUT2D eigenvalue weighted by atomic mass is 32.1. The molecule has 0 fully saturated rings. The first kappa shape index (κ1) is 26.1. The van der Waals surface area contributed by atoms with E-state index in [0.29, 0.717) is 27.9 Å². The van der Waals surface area contributed by atoms with E-state index in [1.165, 1.54) is 17.6 Å². The van der Waals surface area contributed by atoms with E-state index in [-0.39, 0.29) is 18.5 Å². The van der Waals surface area contributed by atoms with Crippen LogP contribution in [0.3, 0.4) is 0 Å². The van der Waals surface area contributed by atoms with Crippen LogP contribution >= 0.6 is 11.3 Å². The van der Waals surface area contributed by atoms with Gasteiger partial charge in [0.05, 0.1) is 5.69 Å². The van der Waals surface area contributed by atoms with Crippen LogP contribution in [0.1, 0.15) is 60.6 Å². The normalized spacial score (nSPS) is 12.0.